The van der Waals surface area contributed by atoms with Crippen molar-refractivity contribution in [1.29, 1.82) is 0 Å². The molecule has 0 heterocycles. The highest BCUT2D eigenvalue weighted by Gasteiger charge is 2.14. The van der Waals surface area contributed by atoms with Crippen molar-refractivity contribution in [3.05, 3.63) is 64.7 Å². The summed E-state index contributed by atoms with van der Waals surface area (Å²) >= 11 is 0. The monoisotopic (exact) mass is 234 g/mol. The van der Waals surface area contributed by atoms with E-state index in [9.17, 15) is 4.79 Å². The highest BCUT2D eigenvalue weighted by molar-refractivity contribution is 6.14. The summed E-state index contributed by atoms with van der Waals surface area (Å²) in [6.07, 6.45) is 3.53. The maximum absolute atomic E-state index is 11.5. The summed E-state index contributed by atoms with van der Waals surface area (Å²) in [5.74, 6) is 0.108. The summed E-state index contributed by atoms with van der Waals surface area (Å²) in [5, 5.41) is 0. The molecular formula is C17H14O. The molecule has 1 nitrogen and oxygen atoms in total. The standard InChI is InChI=1S/C17H14O/c1-11-7-12(2)9-15(8-11)13-3-5-16-14(10-13)4-6-17(16)18/h3-10H,1-2H3. The lowest BCUT2D eigenvalue weighted by Gasteiger charge is -2.07. The van der Waals surface area contributed by atoms with Crippen LogP contribution in [0.2, 0.25) is 0 Å². The summed E-state index contributed by atoms with van der Waals surface area (Å²) < 4.78 is 0. The zero-order valence-corrected chi connectivity index (χ0v) is 10.5. The van der Waals surface area contributed by atoms with Crippen molar-refractivity contribution in [1.82, 2.24) is 0 Å². The molecule has 1 heteroatoms. The molecule has 0 fully saturated rings. The molecule has 2 aromatic carbocycles. The Morgan fingerprint density at radius 3 is 2.22 bits per heavy atom. The Hall–Kier alpha value is -2.15. The van der Waals surface area contributed by atoms with E-state index >= 15 is 0 Å². The molecule has 0 N–H and O–H groups in total. The molecule has 0 unspecified atom stereocenters. The average Bonchev–Trinajstić information content (AvgIpc) is 2.69. The van der Waals surface area contributed by atoms with Gasteiger partial charge in [0.05, 0.1) is 0 Å². The van der Waals surface area contributed by atoms with Gasteiger partial charge in [-0.15, -0.1) is 0 Å². The van der Waals surface area contributed by atoms with Crippen molar-refractivity contribution in [2.45, 2.75) is 13.8 Å². The second-order valence-corrected chi connectivity index (χ2v) is 4.88. The van der Waals surface area contributed by atoms with E-state index in [1.54, 1.807) is 6.08 Å². The highest BCUT2D eigenvalue weighted by Crippen LogP contribution is 2.28. The van der Waals surface area contributed by atoms with Gasteiger partial charge in [0.15, 0.2) is 5.78 Å². The fourth-order valence-corrected chi connectivity index (χ4v) is 2.50. The molecule has 88 valence electrons. The van der Waals surface area contributed by atoms with Gasteiger partial charge in [-0.25, -0.2) is 0 Å². The molecule has 0 aliphatic heterocycles. The van der Waals surface area contributed by atoms with Gasteiger partial charge in [0.25, 0.3) is 0 Å². The van der Waals surface area contributed by atoms with Crippen molar-refractivity contribution in [2.75, 3.05) is 0 Å². The van der Waals surface area contributed by atoms with Crippen LogP contribution in [0.4, 0.5) is 0 Å². The molecule has 2 aromatic rings. The third-order valence-corrected chi connectivity index (χ3v) is 3.29. The van der Waals surface area contributed by atoms with Crippen molar-refractivity contribution < 1.29 is 4.79 Å². The SMILES string of the molecule is Cc1cc(C)cc(-c2ccc3c(c2)C=CC3=O)c1. The smallest absolute Gasteiger partial charge is 0.186 e. The maximum Gasteiger partial charge on any atom is 0.186 e. The van der Waals surface area contributed by atoms with Crippen LogP contribution in [0.15, 0.2) is 42.5 Å². The second-order valence-electron chi connectivity index (χ2n) is 4.88. The lowest BCUT2D eigenvalue weighted by Crippen LogP contribution is -1.91. The van der Waals surface area contributed by atoms with Crippen molar-refractivity contribution in [3.63, 3.8) is 0 Å². The first-order valence-electron chi connectivity index (χ1n) is 6.08. The van der Waals surface area contributed by atoms with Crippen LogP contribution >= 0.6 is 0 Å². The Kier molecular flexibility index (Phi) is 2.41. The van der Waals surface area contributed by atoms with Gasteiger partial charge in [-0.2, -0.15) is 0 Å². The molecule has 0 atom stereocenters. The molecule has 18 heavy (non-hydrogen) atoms. The van der Waals surface area contributed by atoms with Crippen molar-refractivity contribution in [2.24, 2.45) is 0 Å². The van der Waals surface area contributed by atoms with E-state index in [4.69, 9.17) is 0 Å². The molecule has 1 aliphatic carbocycles. The van der Waals surface area contributed by atoms with E-state index in [-0.39, 0.29) is 5.78 Å². The first kappa shape index (κ1) is 11.0. The average molecular weight is 234 g/mol. The molecule has 0 amide bonds. The molecule has 1 aliphatic rings. The summed E-state index contributed by atoms with van der Waals surface area (Å²) in [6, 6.07) is 12.6. The number of carbonyl (C=O) groups excluding carboxylic acids is 1. The van der Waals surface area contributed by atoms with Gasteiger partial charge in [0.2, 0.25) is 0 Å². The minimum Gasteiger partial charge on any atom is -0.289 e. The van der Waals surface area contributed by atoms with Gasteiger partial charge >= 0.3 is 0 Å². The molecule has 0 radical (unpaired) electrons. The Labute approximate surface area is 107 Å². The van der Waals surface area contributed by atoms with Crippen LogP contribution < -0.4 is 0 Å². The van der Waals surface area contributed by atoms with Crippen LogP contribution in [0.25, 0.3) is 17.2 Å². The van der Waals surface area contributed by atoms with E-state index < -0.39 is 0 Å². The molecule has 0 saturated heterocycles. The predicted octanol–water partition coefficient (Wildman–Crippen LogP) is 4.18. The maximum atomic E-state index is 11.5. The Morgan fingerprint density at radius 1 is 0.778 bits per heavy atom. The quantitative estimate of drug-likeness (QED) is 0.723. The number of ketones is 1. The van der Waals surface area contributed by atoms with Crippen LogP contribution in [0, 0.1) is 13.8 Å². The second kappa shape index (κ2) is 3.95. The van der Waals surface area contributed by atoms with E-state index in [2.05, 4.69) is 38.1 Å². The number of benzene rings is 2. The van der Waals surface area contributed by atoms with E-state index in [1.165, 1.54) is 22.3 Å². The van der Waals surface area contributed by atoms with Gasteiger partial charge < -0.3 is 0 Å². The van der Waals surface area contributed by atoms with Crippen LogP contribution in [0.5, 0.6) is 0 Å². The summed E-state index contributed by atoms with van der Waals surface area (Å²) in [4.78, 5) is 11.5. The molecule has 0 saturated carbocycles. The number of fused-ring (bicyclic) bond motifs is 1. The molecule has 0 spiro atoms. The third-order valence-electron chi connectivity index (χ3n) is 3.29. The normalized spacial score (nSPS) is 12.9. The topological polar surface area (TPSA) is 17.1 Å². The van der Waals surface area contributed by atoms with Gasteiger partial charge in [-0.3, -0.25) is 4.79 Å². The Balaban J connectivity index is 2.13. The minimum atomic E-state index is 0.108. The van der Waals surface area contributed by atoms with E-state index in [0.29, 0.717) is 0 Å². The van der Waals surface area contributed by atoms with E-state index in [0.717, 1.165) is 11.1 Å². The van der Waals surface area contributed by atoms with Crippen molar-refractivity contribution >= 4 is 11.9 Å². The van der Waals surface area contributed by atoms with Gasteiger partial charge in [-0.1, -0.05) is 41.5 Å². The first-order chi connectivity index (χ1) is 8.63. The van der Waals surface area contributed by atoms with Crippen LogP contribution in [-0.4, -0.2) is 5.78 Å². The minimum absolute atomic E-state index is 0.108. The summed E-state index contributed by atoms with van der Waals surface area (Å²) in [7, 11) is 0. The number of rotatable bonds is 1. The van der Waals surface area contributed by atoms with E-state index in [1.807, 2.05) is 18.2 Å². The fourth-order valence-electron chi connectivity index (χ4n) is 2.50. The summed E-state index contributed by atoms with van der Waals surface area (Å²) in [6.45, 7) is 4.21. The van der Waals surface area contributed by atoms with Crippen LogP contribution in [0.1, 0.15) is 27.0 Å². The molecule has 0 aromatic heterocycles. The first-order valence-corrected chi connectivity index (χ1v) is 6.08. The Morgan fingerprint density at radius 2 is 1.50 bits per heavy atom. The van der Waals surface area contributed by atoms with Gasteiger partial charge in [-0.05, 0) is 48.7 Å². The lowest BCUT2D eigenvalue weighted by atomic mass is 9.97. The number of aryl methyl sites for hydroxylation is 2. The van der Waals surface area contributed by atoms with Crippen molar-refractivity contribution in [3.8, 4) is 11.1 Å². The number of carbonyl (C=O) groups is 1. The highest BCUT2D eigenvalue weighted by atomic mass is 16.1. The lowest BCUT2D eigenvalue weighted by molar-refractivity contribution is 0.105. The zero-order valence-electron chi connectivity index (χ0n) is 10.5. The zero-order chi connectivity index (χ0) is 12.7. The fraction of sp³-hybridized carbons (Fsp3) is 0.118. The Bertz CT molecular complexity index is 658. The number of hydrogen-bond donors (Lipinski definition) is 0. The molecular weight excluding hydrogens is 220 g/mol. The third kappa shape index (κ3) is 1.78. The van der Waals surface area contributed by atoms with Crippen LogP contribution in [0.3, 0.4) is 0 Å². The number of hydrogen-bond acceptors (Lipinski definition) is 1. The number of allylic oxidation sites excluding steroid dienone is 1. The predicted molar refractivity (Wildman–Crippen MR) is 74.7 cm³/mol. The summed E-state index contributed by atoms with van der Waals surface area (Å²) in [5.41, 5.74) is 6.73. The van der Waals surface area contributed by atoms with Gasteiger partial charge in [0.1, 0.15) is 0 Å². The van der Waals surface area contributed by atoms with Gasteiger partial charge in [0, 0.05) is 5.56 Å². The van der Waals surface area contributed by atoms with Crippen LogP contribution in [-0.2, 0) is 0 Å². The molecule has 3 rings (SSSR count). The largest absolute Gasteiger partial charge is 0.289 e. The molecule has 0 bridgehead atoms.